The van der Waals surface area contributed by atoms with Gasteiger partial charge in [0.15, 0.2) is 0 Å². The Morgan fingerprint density at radius 3 is 2.68 bits per heavy atom. The molecule has 28 heavy (non-hydrogen) atoms. The summed E-state index contributed by atoms with van der Waals surface area (Å²) in [6.45, 7) is 6.46. The zero-order valence-electron chi connectivity index (χ0n) is 17.3. The molecule has 0 aromatic rings. The molecule has 4 fully saturated rings. The lowest BCUT2D eigenvalue weighted by Gasteiger charge is -2.66. The molecule has 160 valence electrons. The van der Waals surface area contributed by atoms with Crippen LogP contribution in [0.15, 0.2) is 12.4 Å². The standard InChI is InChI=1S/C22H36F2N2O2/c1-3-28-19(27)22(23,24)11-6-4-5-7-12-25-17(2)26-21-14-18-9-8-10-20(13-18,15-21)16-21/h18,25-26H,2-16H2,1H3. The van der Waals surface area contributed by atoms with Crippen LogP contribution < -0.4 is 10.6 Å². The van der Waals surface area contributed by atoms with Crippen LogP contribution in [-0.2, 0) is 9.53 Å². The molecule has 1 spiro atoms. The number of hydrogen-bond acceptors (Lipinski definition) is 4. The molecule has 4 aliphatic carbocycles. The molecule has 0 saturated heterocycles. The Morgan fingerprint density at radius 2 is 1.96 bits per heavy atom. The van der Waals surface area contributed by atoms with E-state index in [0.717, 1.165) is 31.1 Å². The topological polar surface area (TPSA) is 50.4 Å². The maximum Gasteiger partial charge on any atom is 0.376 e. The van der Waals surface area contributed by atoms with Crippen molar-refractivity contribution in [3.05, 3.63) is 12.4 Å². The second-order valence-corrected chi connectivity index (χ2v) is 9.42. The lowest BCUT2D eigenvalue weighted by Crippen LogP contribution is -2.66. The molecular formula is C22H36F2N2O2. The van der Waals surface area contributed by atoms with Crippen LogP contribution in [0.25, 0.3) is 0 Å². The molecule has 1 unspecified atom stereocenters. The van der Waals surface area contributed by atoms with Crippen molar-refractivity contribution >= 4 is 5.97 Å². The zero-order chi connectivity index (χ0) is 20.3. The Labute approximate surface area is 167 Å². The zero-order valence-corrected chi connectivity index (χ0v) is 17.3. The minimum atomic E-state index is -3.36. The SMILES string of the molecule is C=C(NCCCCCCC(F)(F)C(=O)OCC)NC12CC3CCCC(C3)(C1)C2. The Hall–Kier alpha value is -1.33. The van der Waals surface area contributed by atoms with Gasteiger partial charge in [0.05, 0.1) is 12.4 Å². The number of nitrogens with one attached hydrogen (secondary N) is 2. The number of carbonyl (C=O) groups is 1. The van der Waals surface area contributed by atoms with E-state index in [9.17, 15) is 13.6 Å². The van der Waals surface area contributed by atoms with Crippen molar-refractivity contribution in [3.8, 4) is 0 Å². The van der Waals surface area contributed by atoms with Crippen LogP contribution in [0.2, 0.25) is 0 Å². The second kappa shape index (κ2) is 8.58. The van der Waals surface area contributed by atoms with Crippen molar-refractivity contribution in [1.82, 2.24) is 10.6 Å². The first-order valence-corrected chi connectivity index (χ1v) is 11.0. The molecule has 1 atom stereocenters. The van der Waals surface area contributed by atoms with E-state index in [1.54, 1.807) is 0 Å². The van der Waals surface area contributed by atoms with Gasteiger partial charge < -0.3 is 15.4 Å². The van der Waals surface area contributed by atoms with Crippen LogP contribution in [-0.4, -0.2) is 30.6 Å². The molecule has 0 amide bonds. The molecule has 4 rings (SSSR count). The smallest absolute Gasteiger partial charge is 0.376 e. The van der Waals surface area contributed by atoms with Crippen molar-refractivity contribution in [2.45, 2.75) is 95.4 Å². The molecule has 2 N–H and O–H groups in total. The molecule has 0 aromatic heterocycles. The van der Waals surface area contributed by atoms with Gasteiger partial charge >= 0.3 is 11.9 Å². The highest BCUT2D eigenvalue weighted by Crippen LogP contribution is 2.65. The van der Waals surface area contributed by atoms with Crippen molar-refractivity contribution in [1.29, 1.82) is 0 Å². The third-order valence-electron chi connectivity index (χ3n) is 6.89. The van der Waals surface area contributed by atoms with Gasteiger partial charge in [-0.1, -0.05) is 32.3 Å². The van der Waals surface area contributed by atoms with E-state index in [2.05, 4.69) is 21.9 Å². The summed E-state index contributed by atoms with van der Waals surface area (Å²) in [6, 6.07) is 0. The van der Waals surface area contributed by atoms with Gasteiger partial charge in [0, 0.05) is 18.5 Å². The Bertz CT molecular complexity index is 567. The van der Waals surface area contributed by atoms with Gasteiger partial charge in [-0.2, -0.15) is 8.78 Å². The lowest BCUT2D eigenvalue weighted by atomic mass is 9.43. The number of esters is 1. The number of hydrogen-bond donors (Lipinski definition) is 2. The fourth-order valence-electron chi connectivity index (χ4n) is 6.07. The van der Waals surface area contributed by atoms with E-state index in [1.165, 1.54) is 51.9 Å². The van der Waals surface area contributed by atoms with Gasteiger partial charge in [-0.3, -0.25) is 0 Å². The molecule has 4 aliphatic rings. The molecule has 0 aliphatic heterocycles. The minimum absolute atomic E-state index is 0.0130. The minimum Gasteiger partial charge on any atom is -0.462 e. The fourth-order valence-corrected chi connectivity index (χ4v) is 6.07. The van der Waals surface area contributed by atoms with Gasteiger partial charge in [0.2, 0.25) is 0 Å². The van der Waals surface area contributed by atoms with Gasteiger partial charge in [0.1, 0.15) is 0 Å². The third kappa shape index (κ3) is 4.98. The summed E-state index contributed by atoms with van der Waals surface area (Å²) in [5, 5.41) is 7.03. The van der Waals surface area contributed by atoms with Crippen LogP contribution in [0.3, 0.4) is 0 Å². The van der Waals surface area contributed by atoms with E-state index >= 15 is 0 Å². The summed E-state index contributed by atoms with van der Waals surface area (Å²) in [6.07, 6.45) is 11.9. The quantitative estimate of drug-likeness (QED) is 0.363. The highest BCUT2D eigenvalue weighted by Gasteiger charge is 2.60. The number of unbranched alkanes of at least 4 members (excludes halogenated alkanes) is 3. The summed E-state index contributed by atoms with van der Waals surface area (Å²) in [7, 11) is 0. The van der Waals surface area contributed by atoms with Gasteiger partial charge in [-0.25, -0.2) is 4.79 Å². The molecule has 0 heterocycles. The number of ether oxygens (including phenoxy) is 1. The first-order chi connectivity index (χ1) is 13.3. The maximum absolute atomic E-state index is 13.5. The van der Waals surface area contributed by atoms with Crippen molar-refractivity contribution in [2.24, 2.45) is 11.3 Å². The van der Waals surface area contributed by atoms with Crippen LogP contribution in [0.1, 0.15) is 84.0 Å². The summed E-state index contributed by atoms with van der Waals surface area (Å²) < 4.78 is 31.5. The molecule has 0 radical (unpaired) electrons. The number of rotatable bonds is 12. The fraction of sp³-hybridized carbons (Fsp3) is 0.864. The highest BCUT2D eigenvalue weighted by molar-refractivity contribution is 5.77. The lowest BCUT2D eigenvalue weighted by molar-refractivity contribution is -0.172. The Morgan fingerprint density at radius 1 is 1.21 bits per heavy atom. The van der Waals surface area contributed by atoms with Crippen LogP contribution >= 0.6 is 0 Å². The normalized spacial score (nSPS) is 30.9. The van der Waals surface area contributed by atoms with Crippen LogP contribution in [0, 0.1) is 11.3 Å². The van der Waals surface area contributed by atoms with Crippen molar-refractivity contribution < 1.29 is 18.3 Å². The monoisotopic (exact) mass is 398 g/mol. The average molecular weight is 399 g/mol. The first kappa shape index (κ1) is 21.4. The molecule has 4 nitrogen and oxygen atoms in total. The van der Waals surface area contributed by atoms with Crippen LogP contribution in [0.4, 0.5) is 8.78 Å². The van der Waals surface area contributed by atoms with E-state index in [1.807, 2.05) is 0 Å². The molecule has 0 aromatic carbocycles. The van der Waals surface area contributed by atoms with Crippen molar-refractivity contribution in [2.75, 3.05) is 13.2 Å². The Kier molecular flexibility index (Phi) is 6.55. The molecule has 6 heteroatoms. The summed E-state index contributed by atoms with van der Waals surface area (Å²) in [5.41, 5.74) is 0.895. The largest absolute Gasteiger partial charge is 0.462 e. The van der Waals surface area contributed by atoms with E-state index in [-0.39, 0.29) is 12.1 Å². The predicted octanol–water partition coefficient (Wildman–Crippen LogP) is 4.90. The summed E-state index contributed by atoms with van der Waals surface area (Å²) in [4.78, 5) is 11.2. The van der Waals surface area contributed by atoms with Gasteiger partial charge in [-0.05, 0) is 63.2 Å². The third-order valence-corrected chi connectivity index (χ3v) is 6.89. The molecule has 3 bridgehead atoms. The average Bonchev–Trinajstić information content (AvgIpc) is 2.59. The first-order valence-electron chi connectivity index (χ1n) is 11.0. The van der Waals surface area contributed by atoms with Crippen molar-refractivity contribution in [3.63, 3.8) is 0 Å². The Balaban J connectivity index is 1.24. The van der Waals surface area contributed by atoms with E-state index in [0.29, 0.717) is 18.3 Å². The highest BCUT2D eigenvalue weighted by atomic mass is 19.3. The maximum atomic E-state index is 13.5. The molecular weight excluding hydrogens is 362 g/mol. The summed E-state index contributed by atoms with van der Waals surface area (Å²) in [5.74, 6) is -2.96. The van der Waals surface area contributed by atoms with E-state index < -0.39 is 18.3 Å². The van der Waals surface area contributed by atoms with E-state index in [4.69, 9.17) is 0 Å². The second-order valence-electron chi connectivity index (χ2n) is 9.42. The van der Waals surface area contributed by atoms with Gasteiger partial charge in [0.25, 0.3) is 0 Å². The number of alkyl halides is 2. The molecule has 4 saturated carbocycles. The van der Waals surface area contributed by atoms with Gasteiger partial charge in [-0.15, -0.1) is 0 Å². The summed E-state index contributed by atoms with van der Waals surface area (Å²) >= 11 is 0. The number of halogens is 2. The number of carbonyl (C=O) groups excluding carboxylic acids is 1. The predicted molar refractivity (Wildman–Crippen MR) is 106 cm³/mol. The van der Waals surface area contributed by atoms with Crippen LogP contribution in [0.5, 0.6) is 0 Å².